The molecule has 0 spiro atoms. The molecule has 3 rings (SSSR count). The van der Waals surface area contributed by atoms with Gasteiger partial charge in [0.25, 0.3) is 5.91 Å². The van der Waals surface area contributed by atoms with Crippen LogP contribution in [0.15, 0.2) is 54.4 Å². The summed E-state index contributed by atoms with van der Waals surface area (Å²) >= 11 is 0. The van der Waals surface area contributed by atoms with Crippen molar-refractivity contribution in [2.45, 2.75) is 38.5 Å². The maximum absolute atomic E-state index is 12.6. The minimum absolute atomic E-state index is 0.0176. The highest BCUT2D eigenvalue weighted by molar-refractivity contribution is 5.96. The lowest BCUT2D eigenvalue weighted by molar-refractivity contribution is -0.114. The van der Waals surface area contributed by atoms with Gasteiger partial charge in [0.15, 0.2) is 0 Å². The van der Waals surface area contributed by atoms with Crippen molar-refractivity contribution in [2.24, 2.45) is 11.7 Å². The number of nitrogens with two attached hydrogens (primary N) is 1. The maximum Gasteiger partial charge on any atom is 0.253 e. The fraction of sp³-hybridized carbons (Fsp3) is 0.375. The number of unbranched alkanes of at least 4 members (excludes halogenated alkanes) is 1. The van der Waals surface area contributed by atoms with Crippen LogP contribution in [0.3, 0.4) is 0 Å². The van der Waals surface area contributed by atoms with E-state index in [1.165, 1.54) is 6.07 Å². The molecule has 0 atom stereocenters. The summed E-state index contributed by atoms with van der Waals surface area (Å²) in [4.78, 5) is 30.2. The summed E-state index contributed by atoms with van der Waals surface area (Å²) in [6.45, 7) is 1.49. The minimum Gasteiger partial charge on any atom is -0.508 e. The summed E-state index contributed by atoms with van der Waals surface area (Å²) in [5.41, 5.74) is 7.58. The number of hydrogen-bond donors (Lipinski definition) is 2. The number of pyridine rings is 1. The molecule has 0 bridgehead atoms. The fourth-order valence-corrected chi connectivity index (χ4v) is 3.92. The quantitative estimate of drug-likeness (QED) is 0.514. The van der Waals surface area contributed by atoms with Gasteiger partial charge in [-0.3, -0.25) is 14.6 Å². The summed E-state index contributed by atoms with van der Waals surface area (Å²) in [5.74, 6) is 0.315. The molecule has 1 aliphatic heterocycles. The number of phenols is 1. The number of nitrogens with zero attached hydrogens (tertiary/aromatic N) is 2. The largest absolute Gasteiger partial charge is 0.508 e. The zero-order valence-electron chi connectivity index (χ0n) is 17.2. The van der Waals surface area contributed by atoms with Crippen LogP contribution in [0, 0.1) is 5.92 Å². The van der Waals surface area contributed by atoms with Crippen molar-refractivity contribution >= 4 is 17.9 Å². The molecule has 1 aromatic heterocycles. The molecule has 1 saturated heterocycles. The Balaban J connectivity index is 1.41. The molecule has 2 heterocycles. The molecule has 2 amide bonds. The first kappa shape index (κ1) is 21.6. The second-order valence-corrected chi connectivity index (χ2v) is 7.85. The number of benzene rings is 1. The molecule has 1 aliphatic rings. The van der Waals surface area contributed by atoms with Crippen LogP contribution in [0.25, 0.3) is 6.08 Å². The third kappa shape index (κ3) is 6.17. The highest BCUT2D eigenvalue weighted by atomic mass is 16.3. The van der Waals surface area contributed by atoms with Crippen LogP contribution in [0.2, 0.25) is 0 Å². The van der Waals surface area contributed by atoms with Gasteiger partial charge in [-0.2, -0.15) is 0 Å². The van der Waals surface area contributed by atoms with Crippen molar-refractivity contribution in [2.75, 3.05) is 13.1 Å². The molecular formula is C24H29N3O3. The number of piperidine rings is 1. The van der Waals surface area contributed by atoms with Crippen molar-refractivity contribution in [1.29, 1.82) is 0 Å². The number of carbonyl (C=O) groups is 2. The third-order valence-corrected chi connectivity index (χ3v) is 5.65. The lowest BCUT2D eigenvalue weighted by Gasteiger charge is -2.32. The Morgan fingerprint density at radius 2 is 1.97 bits per heavy atom. The van der Waals surface area contributed by atoms with Gasteiger partial charge >= 0.3 is 0 Å². The Bertz CT molecular complexity index is 888. The van der Waals surface area contributed by atoms with Crippen LogP contribution in [0.1, 0.15) is 54.4 Å². The van der Waals surface area contributed by atoms with Crippen molar-refractivity contribution in [3.8, 4) is 5.75 Å². The van der Waals surface area contributed by atoms with E-state index in [1.54, 1.807) is 30.6 Å². The minimum atomic E-state index is -0.377. The molecular weight excluding hydrogens is 378 g/mol. The molecule has 0 radical (unpaired) electrons. The van der Waals surface area contributed by atoms with Gasteiger partial charge in [0.05, 0.1) is 0 Å². The van der Waals surface area contributed by atoms with E-state index in [0.29, 0.717) is 23.5 Å². The number of aromatic nitrogens is 1. The topological polar surface area (TPSA) is 96.5 Å². The van der Waals surface area contributed by atoms with Gasteiger partial charge in [0.1, 0.15) is 5.75 Å². The van der Waals surface area contributed by atoms with E-state index in [9.17, 15) is 14.7 Å². The number of likely N-dealkylation sites (tertiary alicyclic amines) is 1. The number of amides is 2. The average molecular weight is 408 g/mol. The number of rotatable bonds is 8. The Labute approximate surface area is 177 Å². The van der Waals surface area contributed by atoms with Crippen molar-refractivity contribution < 1.29 is 14.7 Å². The predicted molar refractivity (Wildman–Crippen MR) is 117 cm³/mol. The zero-order valence-corrected chi connectivity index (χ0v) is 17.2. The number of phenolic OH excluding ortho intramolecular Hbond substituents is 1. The van der Waals surface area contributed by atoms with E-state index in [-0.39, 0.29) is 17.6 Å². The highest BCUT2D eigenvalue weighted by Gasteiger charge is 2.23. The average Bonchev–Trinajstić information content (AvgIpc) is 2.76. The number of hydrogen-bond acceptors (Lipinski definition) is 4. The molecule has 158 valence electrons. The summed E-state index contributed by atoms with van der Waals surface area (Å²) in [6, 6.07) is 10.3. The van der Waals surface area contributed by atoms with Gasteiger partial charge in [0.2, 0.25) is 5.91 Å². The Morgan fingerprint density at radius 3 is 2.63 bits per heavy atom. The predicted octanol–water partition coefficient (Wildman–Crippen LogP) is 3.77. The number of aromatic hydroxyl groups is 1. The van der Waals surface area contributed by atoms with Crippen molar-refractivity contribution in [3.05, 3.63) is 65.5 Å². The van der Waals surface area contributed by atoms with Crippen LogP contribution in [0.4, 0.5) is 0 Å². The highest BCUT2D eigenvalue weighted by Crippen LogP contribution is 2.25. The van der Waals surface area contributed by atoms with Crippen molar-refractivity contribution in [1.82, 2.24) is 9.88 Å². The lowest BCUT2D eigenvalue weighted by Crippen LogP contribution is -2.38. The van der Waals surface area contributed by atoms with Crippen LogP contribution in [-0.4, -0.2) is 39.9 Å². The molecule has 0 aliphatic carbocycles. The molecule has 30 heavy (non-hydrogen) atoms. The summed E-state index contributed by atoms with van der Waals surface area (Å²) in [7, 11) is 0. The summed E-state index contributed by atoms with van der Waals surface area (Å²) in [5, 5.41) is 9.57. The lowest BCUT2D eigenvalue weighted by atomic mass is 9.90. The first-order valence-electron chi connectivity index (χ1n) is 10.5. The van der Waals surface area contributed by atoms with Gasteiger partial charge < -0.3 is 15.7 Å². The van der Waals surface area contributed by atoms with E-state index >= 15 is 0 Å². The number of primary amides is 1. The van der Waals surface area contributed by atoms with Crippen LogP contribution in [0.5, 0.6) is 5.75 Å². The molecule has 0 unspecified atom stereocenters. The monoisotopic (exact) mass is 407 g/mol. The smallest absolute Gasteiger partial charge is 0.253 e. The van der Waals surface area contributed by atoms with Crippen LogP contribution in [-0.2, 0) is 4.79 Å². The van der Waals surface area contributed by atoms with Gasteiger partial charge in [-0.15, -0.1) is 0 Å². The third-order valence-electron chi connectivity index (χ3n) is 5.65. The summed E-state index contributed by atoms with van der Waals surface area (Å²) < 4.78 is 0. The standard InChI is InChI=1S/C24H29N3O3/c25-23(29)20(15-19-6-4-12-26-17-19)7-2-1-5-18-10-13-27(14-11-18)24(30)21-8-3-9-22(28)16-21/h3-4,6,8-9,12,15-18,28H,1-2,5,7,10-11,13-14H2,(H2,25,29). The molecule has 6 nitrogen and oxygen atoms in total. The molecule has 0 saturated carbocycles. The van der Waals surface area contributed by atoms with Crippen LogP contribution >= 0.6 is 0 Å². The first-order valence-corrected chi connectivity index (χ1v) is 10.5. The molecule has 2 aromatic rings. The first-order chi connectivity index (χ1) is 14.5. The Morgan fingerprint density at radius 1 is 1.17 bits per heavy atom. The SMILES string of the molecule is NC(=O)C(=Cc1cccnc1)CCCCC1CCN(C(=O)c2cccc(O)c2)CC1. The van der Waals surface area contributed by atoms with Crippen LogP contribution < -0.4 is 5.73 Å². The van der Waals surface area contributed by atoms with E-state index < -0.39 is 0 Å². The molecule has 1 fully saturated rings. The fourth-order valence-electron chi connectivity index (χ4n) is 3.92. The summed E-state index contributed by atoms with van der Waals surface area (Å²) in [6.07, 6.45) is 10.9. The molecule has 3 N–H and O–H groups in total. The second-order valence-electron chi connectivity index (χ2n) is 7.85. The normalized spacial score (nSPS) is 15.2. The van der Waals surface area contributed by atoms with Gasteiger partial charge in [-0.05, 0) is 67.5 Å². The van der Waals surface area contributed by atoms with Gasteiger partial charge in [-0.1, -0.05) is 25.0 Å². The second kappa shape index (κ2) is 10.6. The molecule has 1 aromatic carbocycles. The van der Waals surface area contributed by atoms with E-state index in [4.69, 9.17) is 5.73 Å². The van der Waals surface area contributed by atoms with Gasteiger partial charge in [0, 0.05) is 36.6 Å². The van der Waals surface area contributed by atoms with E-state index in [2.05, 4.69) is 4.98 Å². The number of carbonyl (C=O) groups excluding carboxylic acids is 2. The van der Waals surface area contributed by atoms with Crippen molar-refractivity contribution in [3.63, 3.8) is 0 Å². The van der Waals surface area contributed by atoms with Gasteiger partial charge in [-0.25, -0.2) is 0 Å². The molecule has 6 heteroatoms. The van der Waals surface area contributed by atoms with E-state index in [0.717, 1.165) is 50.8 Å². The maximum atomic E-state index is 12.6. The zero-order chi connectivity index (χ0) is 21.3. The Hall–Kier alpha value is -3.15. The van der Waals surface area contributed by atoms with E-state index in [1.807, 2.05) is 23.1 Å². The Kier molecular flexibility index (Phi) is 7.60.